The number of hydrogen-bond donors (Lipinski definition) is 0. The Kier molecular flexibility index (Phi) is 5.54. The van der Waals surface area contributed by atoms with Gasteiger partial charge in [-0.1, -0.05) is 39.0 Å². The number of sulfonamides is 1. The van der Waals surface area contributed by atoms with Gasteiger partial charge in [-0.2, -0.15) is 5.26 Å². The molecule has 8 heteroatoms. The molecular weight excluding hydrogens is 450 g/mol. The fourth-order valence-corrected chi connectivity index (χ4v) is 5.07. The molecule has 34 heavy (non-hydrogen) atoms. The fraction of sp³-hybridized carbons (Fsp3) is 0.192. The molecule has 172 valence electrons. The van der Waals surface area contributed by atoms with Crippen LogP contribution in [0.1, 0.15) is 52.6 Å². The molecule has 0 saturated carbocycles. The number of carbonyl (C=O) groups excluding carboxylic acids is 2. The highest BCUT2D eigenvalue weighted by Crippen LogP contribution is 2.36. The highest BCUT2D eigenvalue weighted by molar-refractivity contribution is 7.92. The number of rotatable bonds is 4. The van der Waals surface area contributed by atoms with Crippen LogP contribution in [0, 0.1) is 11.3 Å². The molecule has 0 saturated heterocycles. The maximum absolute atomic E-state index is 13.4. The van der Waals surface area contributed by atoms with Crippen molar-refractivity contribution in [1.29, 1.82) is 5.26 Å². The minimum Gasteiger partial charge on any atom is -0.269 e. The number of carbonyl (C=O) groups is 2. The second kappa shape index (κ2) is 8.12. The van der Waals surface area contributed by atoms with E-state index in [1.165, 1.54) is 43.4 Å². The second-order valence-electron chi connectivity index (χ2n) is 9.05. The Labute approximate surface area is 198 Å². The third-order valence-electron chi connectivity index (χ3n) is 5.87. The topological polar surface area (TPSA) is 98.5 Å². The number of imide groups is 1. The Balaban J connectivity index is 1.74. The van der Waals surface area contributed by atoms with Gasteiger partial charge in [0.05, 0.1) is 39.0 Å². The predicted octanol–water partition coefficient (Wildman–Crippen LogP) is 4.48. The van der Waals surface area contributed by atoms with E-state index in [0.29, 0.717) is 11.3 Å². The first-order chi connectivity index (χ1) is 16.0. The van der Waals surface area contributed by atoms with Gasteiger partial charge in [-0.05, 0) is 59.5 Å². The molecule has 0 N–H and O–H groups in total. The monoisotopic (exact) mass is 473 g/mol. The van der Waals surface area contributed by atoms with Gasteiger partial charge in [0.2, 0.25) is 0 Å². The highest BCUT2D eigenvalue weighted by Gasteiger charge is 2.40. The molecule has 0 bridgehead atoms. The molecule has 0 spiro atoms. The van der Waals surface area contributed by atoms with Crippen molar-refractivity contribution in [2.45, 2.75) is 31.1 Å². The van der Waals surface area contributed by atoms with Crippen molar-refractivity contribution in [2.24, 2.45) is 0 Å². The van der Waals surface area contributed by atoms with Crippen LogP contribution >= 0.6 is 0 Å². The third kappa shape index (κ3) is 3.74. The number of nitriles is 1. The van der Waals surface area contributed by atoms with Crippen molar-refractivity contribution in [3.63, 3.8) is 0 Å². The predicted molar refractivity (Wildman–Crippen MR) is 129 cm³/mol. The van der Waals surface area contributed by atoms with Gasteiger partial charge in [0.15, 0.2) is 0 Å². The van der Waals surface area contributed by atoms with Crippen LogP contribution in [0.2, 0.25) is 0 Å². The molecule has 0 radical (unpaired) electrons. The molecule has 3 aromatic carbocycles. The van der Waals surface area contributed by atoms with Crippen LogP contribution < -0.4 is 9.21 Å². The zero-order valence-corrected chi connectivity index (χ0v) is 20.1. The molecule has 3 aromatic rings. The molecule has 0 aliphatic carbocycles. The van der Waals surface area contributed by atoms with Crippen LogP contribution in [-0.4, -0.2) is 27.3 Å². The molecule has 1 aliphatic heterocycles. The smallest absolute Gasteiger partial charge is 0.268 e. The summed E-state index contributed by atoms with van der Waals surface area (Å²) in [6.45, 7) is 6.12. The quantitative estimate of drug-likeness (QED) is 0.520. The van der Waals surface area contributed by atoms with Crippen LogP contribution in [0.15, 0.2) is 71.6 Å². The minimum absolute atomic E-state index is 0.0225. The first-order valence-electron chi connectivity index (χ1n) is 10.6. The molecule has 0 aromatic heterocycles. The first-order valence-corrected chi connectivity index (χ1v) is 12.0. The standard InChI is InChI=1S/C26H23N3O4S/c1-26(2,3)18-10-14-20(15-11-18)34(32,33)28(4)22-7-5-6-21-23(22)25(31)29(24(21)30)19-12-8-17(16-27)9-13-19/h5-15H,1-4H3. The van der Waals surface area contributed by atoms with Crippen LogP contribution in [0.3, 0.4) is 0 Å². The lowest BCUT2D eigenvalue weighted by atomic mass is 9.87. The van der Waals surface area contributed by atoms with Crippen molar-refractivity contribution in [1.82, 2.24) is 0 Å². The Hall–Kier alpha value is -3.96. The van der Waals surface area contributed by atoms with E-state index in [9.17, 15) is 18.0 Å². The average Bonchev–Trinajstić information content (AvgIpc) is 3.08. The zero-order valence-electron chi connectivity index (χ0n) is 19.2. The van der Waals surface area contributed by atoms with E-state index in [1.807, 2.05) is 26.8 Å². The van der Waals surface area contributed by atoms with Gasteiger partial charge >= 0.3 is 0 Å². The SMILES string of the molecule is CN(c1cccc2c1C(=O)N(c1ccc(C#N)cc1)C2=O)S(=O)(=O)c1ccc(C(C)(C)C)cc1. The molecular formula is C26H23N3O4S. The number of amides is 2. The molecule has 1 heterocycles. The Bertz CT molecular complexity index is 1450. The summed E-state index contributed by atoms with van der Waals surface area (Å²) in [5.41, 5.74) is 1.83. The third-order valence-corrected chi connectivity index (χ3v) is 7.65. The van der Waals surface area contributed by atoms with Crippen LogP contribution in [0.4, 0.5) is 11.4 Å². The number of anilines is 2. The van der Waals surface area contributed by atoms with Crippen LogP contribution in [0.5, 0.6) is 0 Å². The van der Waals surface area contributed by atoms with Gasteiger partial charge in [-0.3, -0.25) is 13.9 Å². The van der Waals surface area contributed by atoms with E-state index >= 15 is 0 Å². The van der Waals surface area contributed by atoms with Gasteiger partial charge in [0.1, 0.15) is 0 Å². The van der Waals surface area contributed by atoms with Gasteiger partial charge in [0, 0.05) is 7.05 Å². The van der Waals surface area contributed by atoms with E-state index in [-0.39, 0.29) is 27.1 Å². The van der Waals surface area contributed by atoms with Gasteiger partial charge < -0.3 is 0 Å². The largest absolute Gasteiger partial charge is 0.269 e. The zero-order chi connectivity index (χ0) is 24.8. The van der Waals surface area contributed by atoms with Gasteiger partial charge in [0.25, 0.3) is 21.8 Å². The Morgan fingerprint density at radius 1 is 0.882 bits per heavy atom. The Morgan fingerprint density at radius 3 is 2.06 bits per heavy atom. The molecule has 7 nitrogen and oxygen atoms in total. The molecule has 0 unspecified atom stereocenters. The molecule has 0 fully saturated rings. The lowest BCUT2D eigenvalue weighted by Crippen LogP contribution is -2.31. The summed E-state index contributed by atoms with van der Waals surface area (Å²) in [7, 11) is -2.63. The summed E-state index contributed by atoms with van der Waals surface area (Å²) in [6.07, 6.45) is 0. The summed E-state index contributed by atoms with van der Waals surface area (Å²) < 4.78 is 27.8. The molecule has 4 rings (SSSR count). The van der Waals surface area contributed by atoms with E-state index in [0.717, 1.165) is 14.8 Å². The summed E-state index contributed by atoms with van der Waals surface area (Å²) in [5, 5.41) is 9.00. The molecule has 1 aliphatic rings. The van der Waals surface area contributed by atoms with E-state index in [4.69, 9.17) is 5.26 Å². The van der Waals surface area contributed by atoms with Crippen LogP contribution in [0.25, 0.3) is 0 Å². The maximum atomic E-state index is 13.4. The number of benzene rings is 3. The number of fused-ring (bicyclic) bond motifs is 1. The lowest BCUT2D eigenvalue weighted by molar-refractivity contribution is 0.0926. The average molecular weight is 474 g/mol. The van der Waals surface area contributed by atoms with Crippen molar-refractivity contribution in [3.8, 4) is 6.07 Å². The normalized spacial score (nSPS) is 13.6. The van der Waals surface area contributed by atoms with E-state index in [1.54, 1.807) is 30.3 Å². The minimum atomic E-state index is -3.99. The maximum Gasteiger partial charge on any atom is 0.268 e. The van der Waals surface area contributed by atoms with Gasteiger partial charge in [-0.25, -0.2) is 13.3 Å². The molecule has 0 atom stereocenters. The highest BCUT2D eigenvalue weighted by atomic mass is 32.2. The van der Waals surface area contributed by atoms with Crippen LogP contribution in [-0.2, 0) is 15.4 Å². The van der Waals surface area contributed by atoms with Crippen molar-refractivity contribution < 1.29 is 18.0 Å². The second-order valence-corrected chi connectivity index (χ2v) is 11.0. The Morgan fingerprint density at radius 2 is 1.50 bits per heavy atom. The van der Waals surface area contributed by atoms with Crippen molar-refractivity contribution in [2.75, 3.05) is 16.3 Å². The van der Waals surface area contributed by atoms with Crippen molar-refractivity contribution in [3.05, 3.63) is 89.0 Å². The fourth-order valence-electron chi connectivity index (χ4n) is 3.86. The number of hydrogen-bond acceptors (Lipinski definition) is 5. The first kappa shape index (κ1) is 23.2. The summed E-state index contributed by atoms with van der Waals surface area (Å²) in [6, 6.07) is 19.2. The molecule has 2 amide bonds. The number of nitrogens with zero attached hydrogens (tertiary/aromatic N) is 3. The van der Waals surface area contributed by atoms with E-state index < -0.39 is 21.8 Å². The van der Waals surface area contributed by atoms with Crippen molar-refractivity contribution >= 4 is 33.2 Å². The summed E-state index contributed by atoms with van der Waals surface area (Å²) >= 11 is 0. The summed E-state index contributed by atoms with van der Waals surface area (Å²) in [5.74, 6) is -1.17. The summed E-state index contributed by atoms with van der Waals surface area (Å²) in [4.78, 5) is 27.5. The van der Waals surface area contributed by atoms with Gasteiger partial charge in [-0.15, -0.1) is 0 Å². The lowest BCUT2D eigenvalue weighted by Gasteiger charge is -2.23. The van der Waals surface area contributed by atoms with E-state index in [2.05, 4.69) is 0 Å².